The van der Waals surface area contributed by atoms with Gasteiger partial charge in [0.15, 0.2) is 24.1 Å². The third-order valence-corrected chi connectivity index (χ3v) is 15.8. The van der Waals surface area contributed by atoms with Crippen LogP contribution in [-0.2, 0) is 57.1 Å². The molecule has 0 aromatic heterocycles. The van der Waals surface area contributed by atoms with Crippen molar-refractivity contribution in [3.63, 3.8) is 0 Å². The van der Waals surface area contributed by atoms with Crippen LogP contribution in [0.15, 0.2) is 0 Å². The molecule has 342 valence electrons. The molecule has 60 heavy (non-hydrogen) atoms. The number of hydrogen-bond acceptors (Lipinski definition) is 13. The van der Waals surface area contributed by atoms with Gasteiger partial charge in [-0.1, -0.05) is 53.9 Å². The standard InChI is InChI=1S/C47H77NO12/c1-27(2)13-12-14-28(3)37-17-18-38-36-16-15-34-23-35(19-21-45(34,9)39(36)20-22-46(37,38)10)48-26-47(54-11)24-40(56-30(5)50)42(58-32(7)52)44(60-47)43(59-33(8)53)41(57-31(6)51)25-55-29(4)49/h27-28,34-44,48H,12-26H2,1-11H3/t28-,34?,35+,36+,37-,38+,39+,40+,41+,42-,43-,44-,45+,46-,47-/m1/s1. The number of fused-ring (bicyclic) bond motifs is 5. The Bertz CT molecular complexity index is 1520. The maximum atomic E-state index is 12.6. The predicted octanol–water partition coefficient (Wildman–Crippen LogP) is 7.49. The minimum atomic E-state index is -1.46. The summed E-state index contributed by atoms with van der Waals surface area (Å²) in [6, 6.07) is 0.172. The first-order valence-electron chi connectivity index (χ1n) is 23.0. The number of carbonyl (C=O) groups is 5. The summed E-state index contributed by atoms with van der Waals surface area (Å²) in [5, 5.41) is 3.76. The molecule has 0 aromatic rings. The van der Waals surface area contributed by atoms with Crippen molar-refractivity contribution in [1.82, 2.24) is 5.32 Å². The van der Waals surface area contributed by atoms with E-state index in [1.165, 1.54) is 92.6 Å². The van der Waals surface area contributed by atoms with E-state index in [2.05, 4.69) is 39.9 Å². The van der Waals surface area contributed by atoms with Crippen molar-refractivity contribution in [2.24, 2.45) is 52.3 Å². The number of rotatable bonds is 17. The highest BCUT2D eigenvalue weighted by molar-refractivity contribution is 5.69. The number of methoxy groups -OCH3 is 1. The molecule has 1 saturated heterocycles. The van der Waals surface area contributed by atoms with E-state index in [1.54, 1.807) is 0 Å². The van der Waals surface area contributed by atoms with Gasteiger partial charge in [-0.05, 0) is 110 Å². The van der Waals surface area contributed by atoms with Gasteiger partial charge in [0, 0.05) is 54.2 Å². The average molecular weight is 848 g/mol. The van der Waals surface area contributed by atoms with Crippen LogP contribution in [-0.4, -0.2) is 92.5 Å². The van der Waals surface area contributed by atoms with Crippen LogP contribution in [0.2, 0.25) is 0 Å². The summed E-state index contributed by atoms with van der Waals surface area (Å²) in [4.78, 5) is 61.9. The highest BCUT2D eigenvalue weighted by Crippen LogP contribution is 2.68. The molecule has 4 aliphatic carbocycles. The normalized spacial score (nSPS) is 37.6. The van der Waals surface area contributed by atoms with Crippen LogP contribution in [0.5, 0.6) is 0 Å². The summed E-state index contributed by atoms with van der Waals surface area (Å²) in [5.74, 6) is 0.406. The second-order valence-electron chi connectivity index (χ2n) is 20.2. The molecule has 1 heterocycles. The van der Waals surface area contributed by atoms with Gasteiger partial charge in [-0.25, -0.2) is 0 Å². The number of nitrogens with one attached hydrogen (secondary N) is 1. The smallest absolute Gasteiger partial charge is 0.303 e. The van der Waals surface area contributed by atoms with E-state index >= 15 is 0 Å². The second kappa shape index (κ2) is 20.2. The van der Waals surface area contributed by atoms with E-state index < -0.39 is 72.8 Å². The van der Waals surface area contributed by atoms with Gasteiger partial charge in [-0.3, -0.25) is 24.0 Å². The highest BCUT2D eigenvalue weighted by atomic mass is 16.7. The Morgan fingerprint density at radius 1 is 0.750 bits per heavy atom. The van der Waals surface area contributed by atoms with Crippen molar-refractivity contribution in [2.45, 2.75) is 195 Å². The number of ether oxygens (including phenoxy) is 7. The first-order valence-corrected chi connectivity index (χ1v) is 23.0. The lowest BCUT2D eigenvalue weighted by atomic mass is 9.44. The van der Waals surface area contributed by atoms with Crippen LogP contribution in [0.25, 0.3) is 0 Å². The fourth-order valence-corrected chi connectivity index (χ4v) is 13.1. The summed E-state index contributed by atoms with van der Waals surface area (Å²) in [6.45, 7) is 18.1. The molecule has 1 aliphatic heterocycles. The second-order valence-corrected chi connectivity index (χ2v) is 20.2. The molecule has 0 aromatic carbocycles. The van der Waals surface area contributed by atoms with Crippen molar-refractivity contribution in [3.05, 3.63) is 0 Å². The number of esters is 5. The quantitative estimate of drug-likeness (QED) is 0.113. The lowest BCUT2D eigenvalue weighted by Crippen LogP contribution is -2.66. The van der Waals surface area contributed by atoms with Crippen LogP contribution < -0.4 is 5.32 Å². The predicted molar refractivity (Wildman–Crippen MR) is 223 cm³/mol. The van der Waals surface area contributed by atoms with Gasteiger partial charge in [0.2, 0.25) is 0 Å². The lowest BCUT2D eigenvalue weighted by Gasteiger charge is -2.61. The topological polar surface area (TPSA) is 162 Å². The Balaban J connectivity index is 1.32. The molecule has 15 atom stereocenters. The Kier molecular flexibility index (Phi) is 16.2. The molecule has 13 nitrogen and oxygen atoms in total. The fraction of sp³-hybridized carbons (Fsp3) is 0.894. The van der Waals surface area contributed by atoms with Crippen LogP contribution in [0.4, 0.5) is 0 Å². The summed E-state index contributed by atoms with van der Waals surface area (Å²) >= 11 is 0. The molecule has 4 saturated carbocycles. The van der Waals surface area contributed by atoms with Gasteiger partial charge in [-0.15, -0.1) is 0 Å². The number of hydrogen-bond donors (Lipinski definition) is 1. The first-order chi connectivity index (χ1) is 28.2. The van der Waals surface area contributed by atoms with E-state index in [-0.39, 0.29) is 24.4 Å². The molecule has 5 aliphatic rings. The van der Waals surface area contributed by atoms with Gasteiger partial charge in [0.1, 0.15) is 18.8 Å². The van der Waals surface area contributed by atoms with Crippen LogP contribution in [0.1, 0.15) is 153 Å². The van der Waals surface area contributed by atoms with Gasteiger partial charge < -0.3 is 38.5 Å². The van der Waals surface area contributed by atoms with Gasteiger partial charge in [0.25, 0.3) is 0 Å². The summed E-state index contributed by atoms with van der Waals surface area (Å²) < 4.78 is 40.8. The minimum absolute atomic E-state index is 0.0192. The van der Waals surface area contributed by atoms with Crippen molar-refractivity contribution in [2.75, 3.05) is 20.3 Å². The number of carbonyl (C=O) groups excluding carboxylic acids is 5. The van der Waals surface area contributed by atoms with Gasteiger partial charge >= 0.3 is 29.8 Å². The monoisotopic (exact) mass is 848 g/mol. The molecule has 0 spiro atoms. The van der Waals surface area contributed by atoms with Gasteiger partial charge in [-0.2, -0.15) is 0 Å². The molecule has 1 N–H and O–H groups in total. The molecule has 0 radical (unpaired) electrons. The maximum absolute atomic E-state index is 12.6. The maximum Gasteiger partial charge on any atom is 0.303 e. The van der Waals surface area contributed by atoms with E-state index in [1.807, 2.05) is 0 Å². The molecule has 13 heteroatoms. The zero-order valence-corrected chi connectivity index (χ0v) is 38.5. The van der Waals surface area contributed by atoms with E-state index in [4.69, 9.17) is 33.2 Å². The fourth-order valence-electron chi connectivity index (χ4n) is 13.1. The minimum Gasteiger partial charge on any atom is -0.462 e. The molecular formula is C47H77NO12. The van der Waals surface area contributed by atoms with Crippen LogP contribution in [0.3, 0.4) is 0 Å². The Morgan fingerprint density at radius 2 is 1.42 bits per heavy atom. The SMILES string of the molecule is CO[C@]1(CN[C@H]2CC[C@@]3(C)C(CC[C@H]4[C@@H]5CC[C@H]([C@H](C)CCCC(C)C)[C@@]5(C)CC[C@@H]43)C2)C[C@H](OC(C)=O)[C@@H](OC(C)=O)[C@H]([C@H](OC(C)=O)[C@H](COC(C)=O)OC(C)=O)O1. The van der Waals surface area contributed by atoms with E-state index in [0.29, 0.717) is 11.3 Å². The summed E-state index contributed by atoms with van der Waals surface area (Å²) in [7, 11) is 1.48. The van der Waals surface area contributed by atoms with Crippen molar-refractivity contribution >= 4 is 29.8 Å². The third-order valence-electron chi connectivity index (χ3n) is 15.8. The van der Waals surface area contributed by atoms with Crippen LogP contribution >= 0.6 is 0 Å². The molecule has 5 fully saturated rings. The van der Waals surface area contributed by atoms with Crippen molar-refractivity contribution < 1.29 is 57.1 Å². The van der Waals surface area contributed by atoms with E-state index in [0.717, 1.165) is 61.7 Å². The molecule has 5 rings (SSSR count). The highest BCUT2D eigenvalue weighted by Gasteiger charge is 2.61. The van der Waals surface area contributed by atoms with E-state index in [9.17, 15) is 24.0 Å². The van der Waals surface area contributed by atoms with Crippen molar-refractivity contribution in [3.8, 4) is 0 Å². The molecule has 1 unspecified atom stereocenters. The third kappa shape index (κ3) is 11.1. The zero-order valence-electron chi connectivity index (χ0n) is 38.5. The molecular weight excluding hydrogens is 771 g/mol. The first kappa shape index (κ1) is 48.3. The Hall–Kier alpha value is -2.77. The summed E-state index contributed by atoms with van der Waals surface area (Å²) in [6.07, 6.45) is 8.55. The zero-order chi connectivity index (χ0) is 44.2. The Morgan fingerprint density at radius 3 is 2.03 bits per heavy atom. The van der Waals surface area contributed by atoms with Crippen LogP contribution in [0, 0.1) is 52.3 Å². The lowest BCUT2D eigenvalue weighted by molar-refractivity contribution is -0.330. The molecule has 0 amide bonds. The summed E-state index contributed by atoms with van der Waals surface area (Å²) in [5.41, 5.74) is 0.746. The molecule has 0 bridgehead atoms. The largest absolute Gasteiger partial charge is 0.462 e. The van der Waals surface area contributed by atoms with Crippen molar-refractivity contribution in [1.29, 1.82) is 0 Å². The van der Waals surface area contributed by atoms with Gasteiger partial charge in [0.05, 0.1) is 6.54 Å². The Labute approximate surface area is 359 Å². The average Bonchev–Trinajstić information content (AvgIpc) is 3.52.